The fourth-order valence-electron chi connectivity index (χ4n) is 2.01. The van der Waals surface area contributed by atoms with Gasteiger partial charge < -0.3 is 10.2 Å². The van der Waals surface area contributed by atoms with Crippen LogP contribution in [0.2, 0.25) is 0 Å². The van der Waals surface area contributed by atoms with Crippen molar-refractivity contribution >= 4 is 5.82 Å². The van der Waals surface area contributed by atoms with Gasteiger partial charge in [-0.3, -0.25) is 4.98 Å². The molecule has 0 aliphatic heterocycles. The Bertz CT molecular complexity index is 513. The minimum absolute atomic E-state index is 0.893. The van der Waals surface area contributed by atoms with Crippen LogP contribution in [0.5, 0.6) is 0 Å². The Balaban J connectivity index is 1.93. The van der Waals surface area contributed by atoms with Crippen LogP contribution in [0.4, 0.5) is 5.82 Å². The number of hydrogen-bond acceptors (Lipinski definition) is 4. The van der Waals surface area contributed by atoms with Gasteiger partial charge in [-0.1, -0.05) is 6.92 Å². The topological polar surface area (TPSA) is 41.1 Å². The van der Waals surface area contributed by atoms with Crippen molar-refractivity contribution in [2.75, 3.05) is 25.0 Å². The quantitative estimate of drug-likeness (QED) is 0.838. The van der Waals surface area contributed by atoms with Crippen LogP contribution in [0.3, 0.4) is 0 Å². The van der Waals surface area contributed by atoms with Gasteiger partial charge in [0, 0.05) is 38.7 Å². The molecule has 4 nitrogen and oxygen atoms in total. The third-order valence-electron chi connectivity index (χ3n) is 3.27. The molecule has 0 aliphatic carbocycles. The molecule has 4 heteroatoms. The maximum absolute atomic E-state index is 4.45. The molecular formula is C16H22N4. The third kappa shape index (κ3) is 4.31. The molecule has 2 aromatic rings. The average molecular weight is 270 g/mol. The zero-order valence-electron chi connectivity index (χ0n) is 12.2. The molecule has 20 heavy (non-hydrogen) atoms. The molecule has 0 aromatic carbocycles. The molecule has 0 bridgehead atoms. The fraction of sp³-hybridized carbons (Fsp3) is 0.375. The van der Waals surface area contributed by atoms with E-state index in [-0.39, 0.29) is 0 Å². The molecule has 0 amide bonds. The van der Waals surface area contributed by atoms with Crippen molar-refractivity contribution in [3.8, 4) is 0 Å². The maximum atomic E-state index is 4.45. The summed E-state index contributed by atoms with van der Waals surface area (Å²) in [5, 5.41) is 3.34. The summed E-state index contributed by atoms with van der Waals surface area (Å²) in [7, 11) is 2.08. The smallest absolute Gasteiger partial charge is 0.128 e. The van der Waals surface area contributed by atoms with E-state index in [1.54, 1.807) is 0 Å². The molecule has 0 unspecified atom stereocenters. The van der Waals surface area contributed by atoms with Gasteiger partial charge in [-0.05, 0) is 48.4 Å². The number of likely N-dealkylation sites (N-methyl/N-ethyl adjacent to an activating group) is 1. The van der Waals surface area contributed by atoms with Gasteiger partial charge in [0.25, 0.3) is 0 Å². The van der Waals surface area contributed by atoms with E-state index in [1.807, 2.05) is 18.6 Å². The first-order chi connectivity index (χ1) is 9.79. The van der Waals surface area contributed by atoms with Gasteiger partial charge in [-0.2, -0.15) is 0 Å². The van der Waals surface area contributed by atoms with Gasteiger partial charge in [0.05, 0.1) is 0 Å². The number of hydrogen-bond donors (Lipinski definition) is 1. The zero-order chi connectivity index (χ0) is 14.2. The lowest BCUT2D eigenvalue weighted by molar-refractivity contribution is 0.725. The van der Waals surface area contributed by atoms with Crippen molar-refractivity contribution in [3.05, 3.63) is 54.0 Å². The Kier molecular flexibility index (Phi) is 5.50. The maximum Gasteiger partial charge on any atom is 0.128 e. The van der Waals surface area contributed by atoms with Crippen LogP contribution in [0.1, 0.15) is 18.1 Å². The Morgan fingerprint density at radius 2 is 1.85 bits per heavy atom. The molecule has 1 N–H and O–H groups in total. The van der Waals surface area contributed by atoms with E-state index in [0.717, 1.165) is 31.9 Å². The molecule has 0 radical (unpaired) electrons. The number of nitrogens with one attached hydrogen (secondary N) is 1. The number of nitrogens with zero attached hydrogens (tertiary/aromatic N) is 3. The van der Waals surface area contributed by atoms with Crippen molar-refractivity contribution in [2.45, 2.75) is 19.9 Å². The average Bonchev–Trinajstić information content (AvgIpc) is 2.52. The van der Waals surface area contributed by atoms with Gasteiger partial charge in [0.1, 0.15) is 5.82 Å². The molecule has 2 heterocycles. The Morgan fingerprint density at radius 1 is 1.10 bits per heavy atom. The molecule has 0 fully saturated rings. The van der Waals surface area contributed by atoms with E-state index >= 15 is 0 Å². The van der Waals surface area contributed by atoms with E-state index < -0.39 is 0 Å². The zero-order valence-corrected chi connectivity index (χ0v) is 12.2. The number of pyridine rings is 2. The van der Waals surface area contributed by atoms with E-state index in [0.29, 0.717) is 0 Å². The van der Waals surface area contributed by atoms with Gasteiger partial charge in [-0.15, -0.1) is 0 Å². The number of anilines is 1. The highest BCUT2D eigenvalue weighted by Gasteiger charge is 2.04. The Labute approximate surface area is 120 Å². The third-order valence-corrected chi connectivity index (χ3v) is 3.27. The van der Waals surface area contributed by atoms with Gasteiger partial charge >= 0.3 is 0 Å². The molecule has 106 valence electrons. The molecule has 0 aliphatic rings. The summed E-state index contributed by atoms with van der Waals surface area (Å²) in [6.07, 6.45) is 6.55. The molecule has 2 aromatic heterocycles. The molecule has 0 saturated carbocycles. The van der Waals surface area contributed by atoms with Gasteiger partial charge in [0.2, 0.25) is 0 Å². The monoisotopic (exact) mass is 270 g/mol. The summed E-state index contributed by atoms with van der Waals surface area (Å²) in [5.74, 6) is 1.02. The second-order valence-electron chi connectivity index (χ2n) is 4.83. The Hall–Kier alpha value is -1.94. The first kappa shape index (κ1) is 14.5. The minimum Gasteiger partial charge on any atom is -0.359 e. The number of aromatic nitrogens is 2. The van der Waals surface area contributed by atoms with Crippen LogP contribution in [0.15, 0.2) is 42.9 Å². The molecule has 0 spiro atoms. The molecular weight excluding hydrogens is 248 g/mol. The van der Waals surface area contributed by atoms with Gasteiger partial charge in [-0.25, -0.2) is 4.98 Å². The second kappa shape index (κ2) is 7.60. The van der Waals surface area contributed by atoms with Crippen molar-refractivity contribution in [2.24, 2.45) is 0 Å². The van der Waals surface area contributed by atoms with Crippen molar-refractivity contribution in [3.63, 3.8) is 0 Å². The van der Waals surface area contributed by atoms with Crippen LogP contribution in [0.25, 0.3) is 0 Å². The standard InChI is InChI=1S/C16H22N4/c1-3-17-13-15-6-10-19-16(12-15)20(2)11-7-14-4-8-18-9-5-14/h4-6,8-10,12,17H,3,7,11,13H2,1-2H3. The van der Waals surface area contributed by atoms with Crippen molar-refractivity contribution in [1.29, 1.82) is 0 Å². The van der Waals surface area contributed by atoms with E-state index in [1.165, 1.54) is 11.1 Å². The minimum atomic E-state index is 0.893. The van der Waals surface area contributed by atoms with E-state index in [4.69, 9.17) is 0 Å². The van der Waals surface area contributed by atoms with E-state index in [2.05, 4.69) is 58.4 Å². The summed E-state index contributed by atoms with van der Waals surface area (Å²) in [5.41, 5.74) is 2.57. The summed E-state index contributed by atoms with van der Waals surface area (Å²) in [6, 6.07) is 8.32. The normalized spacial score (nSPS) is 10.5. The lowest BCUT2D eigenvalue weighted by Crippen LogP contribution is -2.22. The van der Waals surface area contributed by atoms with E-state index in [9.17, 15) is 0 Å². The summed E-state index contributed by atoms with van der Waals surface area (Å²) >= 11 is 0. The molecule has 0 saturated heterocycles. The summed E-state index contributed by atoms with van der Waals surface area (Å²) in [4.78, 5) is 10.7. The first-order valence-corrected chi connectivity index (χ1v) is 7.05. The molecule has 2 rings (SSSR count). The predicted molar refractivity (Wildman–Crippen MR) is 82.8 cm³/mol. The van der Waals surface area contributed by atoms with Crippen LogP contribution in [0, 0.1) is 0 Å². The van der Waals surface area contributed by atoms with Gasteiger partial charge in [0.15, 0.2) is 0 Å². The van der Waals surface area contributed by atoms with Crippen molar-refractivity contribution in [1.82, 2.24) is 15.3 Å². The summed E-state index contributed by atoms with van der Waals surface area (Å²) in [6.45, 7) is 4.93. The lowest BCUT2D eigenvalue weighted by atomic mass is 10.2. The molecule has 0 atom stereocenters. The SMILES string of the molecule is CCNCc1ccnc(N(C)CCc2ccncc2)c1. The summed E-state index contributed by atoms with van der Waals surface area (Å²) < 4.78 is 0. The number of rotatable bonds is 7. The van der Waals surface area contributed by atoms with Crippen molar-refractivity contribution < 1.29 is 0 Å². The van der Waals surface area contributed by atoms with Crippen LogP contribution >= 0.6 is 0 Å². The highest BCUT2D eigenvalue weighted by molar-refractivity contribution is 5.40. The largest absolute Gasteiger partial charge is 0.359 e. The predicted octanol–water partition coefficient (Wildman–Crippen LogP) is 2.27. The van der Waals surface area contributed by atoms with Crippen LogP contribution in [-0.2, 0) is 13.0 Å². The van der Waals surface area contributed by atoms with Crippen LogP contribution in [-0.4, -0.2) is 30.1 Å². The Morgan fingerprint density at radius 3 is 2.60 bits per heavy atom. The fourth-order valence-corrected chi connectivity index (χ4v) is 2.01. The first-order valence-electron chi connectivity index (χ1n) is 7.05. The van der Waals surface area contributed by atoms with Crippen LogP contribution < -0.4 is 10.2 Å². The highest BCUT2D eigenvalue weighted by Crippen LogP contribution is 2.12. The lowest BCUT2D eigenvalue weighted by Gasteiger charge is -2.18. The second-order valence-corrected chi connectivity index (χ2v) is 4.83. The highest BCUT2D eigenvalue weighted by atomic mass is 15.2.